The highest BCUT2D eigenvalue weighted by molar-refractivity contribution is 9.11. The molecule has 0 spiro atoms. The standard InChI is InChI=1S/C10H11Br2ClO5S2/c1-2-19(14,15)4-3-18-10-8(11)5-7(6-9(10)12)20(13,16)17/h5-6H,2-4H2,1H3. The molecule has 0 saturated heterocycles. The lowest BCUT2D eigenvalue weighted by molar-refractivity contribution is 0.336. The van der Waals surface area contributed by atoms with E-state index in [0.717, 1.165) is 0 Å². The van der Waals surface area contributed by atoms with E-state index in [4.69, 9.17) is 15.4 Å². The van der Waals surface area contributed by atoms with Crippen molar-refractivity contribution in [3.63, 3.8) is 0 Å². The Balaban J connectivity index is 2.93. The summed E-state index contributed by atoms with van der Waals surface area (Å²) in [5, 5.41) is 0. The van der Waals surface area contributed by atoms with Crippen LogP contribution in [-0.4, -0.2) is 34.9 Å². The summed E-state index contributed by atoms with van der Waals surface area (Å²) in [5.41, 5.74) is 0. The van der Waals surface area contributed by atoms with Crippen molar-refractivity contribution in [3.05, 3.63) is 21.1 Å². The summed E-state index contributed by atoms with van der Waals surface area (Å²) in [6.45, 7) is 1.53. The van der Waals surface area contributed by atoms with Crippen LogP contribution >= 0.6 is 42.5 Å². The highest BCUT2D eigenvalue weighted by atomic mass is 79.9. The van der Waals surface area contributed by atoms with Gasteiger partial charge in [-0.2, -0.15) is 0 Å². The maximum absolute atomic E-state index is 11.3. The largest absolute Gasteiger partial charge is 0.490 e. The minimum absolute atomic E-state index is 0.0274. The van der Waals surface area contributed by atoms with Gasteiger partial charge in [-0.05, 0) is 44.0 Å². The van der Waals surface area contributed by atoms with Crippen molar-refractivity contribution in [2.24, 2.45) is 0 Å². The fourth-order valence-electron chi connectivity index (χ4n) is 1.23. The molecule has 0 radical (unpaired) electrons. The maximum atomic E-state index is 11.3. The molecule has 10 heteroatoms. The molecule has 1 aromatic rings. The highest BCUT2D eigenvalue weighted by Gasteiger charge is 2.17. The van der Waals surface area contributed by atoms with Crippen molar-refractivity contribution in [1.82, 2.24) is 0 Å². The highest BCUT2D eigenvalue weighted by Crippen LogP contribution is 2.36. The van der Waals surface area contributed by atoms with Crippen LogP contribution in [0.2, 0.25) is 0 Å². The third-order valence-electron chi connectivity index (χ3n) is 2.33. The number of sulfone groups is 1. The molecule has 0 aliphatic carbocycles. The molecule has 114 valence electrons. The summed E-state index contributed by atoms with van der Waals surface area (Å²) in [6.07, 6.45) is 0. The number of halogens is 3. The van der Waals surface area contributed by atoms with Crippen LogP contribution in [0.1, 0.15) is 6.92 Å². The van der Waals surface area contributed by atoms with Gasteiger partial charge in [0.15, 0.2) is 9.84 Å². The second kappa shape index (κ2) is 6.95. The lowest BCUT2D eigenvalue weighted by atomic mass is 10.3. The molecule has 1 aromatic carbocycles. The lowest BCUT2D eigenvalue weighted by Crippen LogP contribution is -2.15. The Morgan fingerprint density at radius 2 is 1.65 bits per heavy atom. The summed E-state index contributed by atoms with van der Waals surface area (Å²) < 4.78 is 51.2. The van der Waals surface area contributed by atoms with E-state index < -0.39 is 18.9 Å². The van der Waals surface area contributed by atoms with Crippen molar-refractivity contribution < 1.29 is 21.6 Å². The van der Waals surface area contributed by atoms with Crippen molar-refractivity contribution in [3.8, 4) is 5.75 Å². The van der Waals surface area contributed by atoms with Gasteiger partial charge in [-0.25, -0.2) is 16.8 Å². The fraction of sp³-hybridized carbons (Fsp3) is 0.400. The van der Waals surface area contributed by atoms with Gasteiger partial charge >= 0.3 is 0 Å². The quantitative estimate of drug-likeness (QED) is 0.598. The van der Waals surface area contributed by atoms with Gasteiger partial charge in [0.1, 0.15) is 12.4 Å². The Morgan fingerprint density at radius 1 is 1.15 bits per heavy atom. The zero-order valence-electron chi connectivity index (χ0n) is 10.3. The smallest absolute Gasteiger partial charge is 0.261 e. The first-order valence-corrected chi connectivity index (χ1v) is 11.1. The molecule has 0 N–H and O–H groups in total. The van der Waals surface area contributed by atoms with Crippen molar-refractivity contribution in [2.75, 3.05) is 18.1 Å². The van der Waals surface area contributed by atoms with Gasteiger partial charge in [-0.3, -0.25) is 0 Å². The Bertz CT molecular complexity index is 677. The van der Waals surface area contributed by atoms with Crippen LogP contribution in [0.15, 0.2) is 26.0 Å². The molecule has 0 aliphatic heterocycles. The average molecular weight is 471 g/mol. The third-order valence-corrected chi connectivity index (χ3v) is 6.51. The zero-order chi connectivity index (χ0) is 15.6. The number of benzene rings is 1. The minimum atomic E-state index is -3.85. The summed E-state index contributed by atoms with van der Waals surface area (Å²) in [5.74, 6) is 0.250. The molecule has 0 fully saturated rings. The number of rotatable bonds is 6. The minimum Gasteiger partial charge on any atom is -0.490 e. The molecule has 0 heterocycles. The third kappa shape index (κ3) is 5.18. The molecular weight excluding hydrogens is 460 g/mol. The van der Waals surface area contributed by atoms with E-state index in [0.29, 0.717) is 14.7 Å². The maximum Gasteiger partial charge on any atom is 0.261 e. The van der Waals surface area contributed by atoms with E-state index in [2.05, 4.69) is 31.9 Å². The van der Waals surface area contributed by atoms with E-state index in [1.165, 1.54) is 12.1 Å². The lowest BCUT2D eigenvalue weighted by Gasteiger charge is -2.11. The molecule has 0 aromatic heterocycles. The van der Waals surface area contributed by atoms with Gasteiger partial charge in [-0.1, -0.05) is 6.92 Å². The van der Waals surface area contributed by atoms with Gasteiger partial charge in [0.05, 0.1) is 19.6 Å². The topological polar surface area (TPSA) is 77.5 Å². The van der Waals surface area contributed by atoms with E-state index >= 15 is 0 Å². The van der Waals surface area contributed by atoms with E-state index in [1.54, 1.807) is 6.92 Å². The van der Waals surface area contributed by atoms with Gasteiger partial charge in [0.2, 0.25) is 0 Å². The SMILES string of the molecule is CCS(=O)(=O)CCOc1c(Br)cc(S(=O)(=O)Cl)cc1Br. The summed E-state index contributed by atoms with van der Waals surface area (Å²) in [4.78, 5) is -0.0913. The molecule has 0 saturated carbocycles. The summed E-state index contributed by atoms with van der Waals surface area (Å²) in [7, 11) is -1.72. The molecule has 0 aliphatic rings. The number of ether oxygens (including phenoxy) is 1. The van der Waals surface area contributed by atoms with Crippen LogP contribution in [0, 0.1) is 0 Å². The Labute approximate surface area is 139 Å². The second-order valence-electron chi connectivity index (χ2n) is 3.74. The zero-order valence-corrected chi connectivity index (χ0v) is 15.8. The van der Waals surface area contributed by atoms with Crippen LogP contribution in [0.4, 0.5) is 0 Å². The van der Waals surface area contributed by atoms with Crippen LogP contribution in [0.3, 0.4) is 0 Å². The predicted octanol–water partition coefficient (Wildman–Crippen LogP) is 2.95. The van der Waals surface area contributed by atoms with Crippen LogP contribution in [-0.2, 0) is 18.9 Å². The summed E-state index contributed by atoms with van der Waals surface area (Å²) >= 11 is 6.32. The second-order valence-corrected chi connectivity index (χ2v) is 10.5. The van der Waals surface area contributed by atoms with Crippen molar-refractivity contribution in [1.29, 1.82) is 0 Å². The van der Waals surface area contributed by atoms with Crippen LogP contribution in [0.25, 0.3) is 0 Å². The van der Waals surface area contributed by atoms with Gasteiger partial charge in [0, 0.05) is 16.4 Å². The monoisotopic (exact) mass is 468 g/mol. The Morgan fingerprint density at radius 3 is 2.05 bits per heavy atom. The van der Waals surface area contributed by atoms with E-state index in [9.17, 15) is 16.8 Å². The fourth-order valence-corrected chi connectivity index (χ4v) is 4.36. The molecule has 0 unspecified atom stereocenters. The Kier molecular flexibility index (Phi) is 6.33. The number of hydrogen-bond donors (Lipinski definition) is 0. The summed E-state index contributed by atoms with van der Waals surface area (Å²) in [6, 6.07) is 2.58. The first kappa shape index (κ1) is 18.2. The first-order valence-electron chi connectivity index (χ1n) is 5.34. The van der Waals surface area contributed by atoms with Gasteiger partial charge < -0.3 is 4.74 Å². The van der Waals surface area contributed by atoms with Crippen LogP contribution in [0.5, 0.6) is 5.75 Å². The first-order chi connectivity index (χ1) is 9.07. The Hall–Kier alpha value is 0.170. The van der Waals surface area contributed by atoms with E-state index in [-0.39, 0.29) is 23.0 Å². The predicted molar refractivity (Wildman–Crippen MR) is 84.7 cm³/mol. The molecule has 0 atom stereocenters. The van der Waals surface area contributed by atoms with E-state index in [1.807, 2.05) is 0 Å². The molecular formula is C10H11Br2ClO5S2. The molecule has 20 heavy (non-hydrogen) atoms. The van der Waals surface area contributed by atoms with Crippen molar-refractivity contribution >= 4 is 61.4 Å². The normalized spacial score (nSPS) is 12.4. The average Bonchev–Trinajstić information content (AvgIpc) is 2.31. The van der Waals surface area contributed by atoms with Crippen LogP contribution < -0.4 is 4.74 Å². The molecule has 5 nitrogen and oxygen atoms in total. The molecule has 0 amide bonds. The van der Waals surface area contributed by atoms with Gasteiger partial charge in [0.25, 0.3) is 9.05 Å². The van der Waals surface area contributed by atoms with Gasteiger partial charge in [-0.15, -0.1) is 0 Å². The number of hydrogen-bond acceptors (Lipinski definition) is 5. The molecule has 1 rings (SSSR count). The molecule has 0 bridgehead atoms. The van der Waals surface area contributed by atoms with Crippen molar-refractivity contribution in [2.45, 2.75) is 11.8 Å².